The van der Waals surface area contributed by atoms with E-state index >= 15 is 0 Å². The average Bonchev–Trinajstić information content (AvgIpc) is 3.18. The summed E-state index contributed by atoms with van der Waals surface area (Å²) in [4.78, 5) is 12.4. The van der Waals surface area contributed by atoms with Gasteiger partial charge in [-0.2, -0.15) is 0 Å². The number of benzene rings is 2. The number of halogens is 2. The minimum absolute atomic E-state index is 0.146. The number of hydrogen-bond donors (Lipinski definition) is 1. The molecule has 2 aromatic carbocycles. The van der Waals surface area contributed by atoms with E-state index in [-0.39, 0.29) is 17.8 Å². The molecular formula is C22H24Cl2N4O2S. The van der Waals surface area contributed by atoms with Gasteiger partial charge < -0.3 is 14.6 Å². The van der Waals surface area contributed by atoms with Crippen LogP contribution < -0.4 is 10.1 Å². The molecule has 0 fully saturated rings. The molecule has 0 radical (unpaired) electrons. The van der Waals surface area contributed by atoms with Crippen molar-refractivity contribution in [3.63, 3.8) is 0 Å². The van der Waals surface area contributed by atoms with Crippen LogP contribution in [-0.2, 0) is 17.8 Å². The summed E-state index contributed by atoms with van der Waals surface area (Å²) in [5, 5.41) is 12.7. The lowest BCUT2D eigenvalue weighted by Gasteiger charge is -2.16. The molecule has 1 atom stereocenters. The van der Waals surface area contributed by atoms with Crippen molar-refractivity contribution in [1.82, 2.24) is 14.8 Å². The van der Waals surface area contributed by atoms with Crippen LogP contribution in [0.15, 0.2) is 47.6 Å². The highest BCUT2D eigenvalue weighted by molar-refractivity contribution is 7.99. The van der Waals surface area contributed by atoms with Crippen LogP contribution in [-0.4, -0.2) is 26.4 Å². The zero-order valence-electron chi connectivity index (χ0n) is 17.6. The van der Waals surface area contributed by atoms with Crippen molar-refractivity contribution in [2.24, 2.45) is 0 Å². The summed E-state index contributed by atoms with van der Waals surface area (Å²) in [5.74, 6) is 1.40. The molecule has 0 spiro atoms. The Kier molecular flexibility index (Phi) is 8.23. The van der Waals surface area contributed by atoms with Crippen molar-refractivity contribution in [3.05, 3.63) is 63.9 Å². The van der Waals surface area contributed by atoms with Crippen molar-refractivity contribution < 1.29 is 9.53 Å². The number of nitrogens with zero attached hydrogens (tertiary/aromatic N) is 3. The standard InChI is InChI=1S/C22H24Cl2N4O2S/c1-4-15-9-11-16(12-10-15)30-14(3)21-26-27-22(28(21)5-2)31-13-19(29)25-20-17(23)7-6-8-18(20)24/h6-12,14H,4-5,13H2,1-3H3,(H,25,29). The van der Waals surface area contributed by atoms with Crippen LogP contribution in [0.25, 0.3) is 0 Å². The molecule has 0 aliphatic heterocycles. The van der Waals surface area contributed by atoms with E-state index in [1.807, 2.05) is 30.5 Å². The number of carbonyl (C=O) groups is 1. The maximum atomic E-state index is 12.4. The Morgan fingerprint density at radius 2 is 1.81 bits per heavy atom. The molecule has 0 aliphatic carbocycles. The molecule has 1 amide bonds. The van der Waals surface area contributed by atoms with E-state index in [9.17, 15) is 4.79 Å². The summed E-state index contributed by atoms with van der Waals surface area (Å²) in [7, 11) is 0. The Hall–Kier alpha value is -2.22. The Morgan fingerprint density at radius 1 is 1.13 bits per heavy atom. The fourth-order valence-electron chi connectivity index (χ4n) is 2.99. The van der Waals surface area contributed by atoms with E-state index in [0.717, 1.165) is 12.2 Å². The van der Waals surface area contributed by atoms with Gasteiger partial charge in [-0.1, -0.05) is 60.1 Å². The largest absolute Gasteiger partial charge is 0.483 e. The van der Waals surface area contributed by atoms with Gasteiger partial charge in [0.25, 0.3) is 0 Å². The van der Waals surface area contributed by atoms with Crippen LogP contribution in [0.2, 0.25) is 10.0 Å². The summed E-state index contributed by atoms with van der Waals surface area (Å²) < 4.78 is 8.00. The number of aromatic nitrogens is 3. The fourth-order valence-corrected chi connectivity index (χ4v) is 4.29. The number of hydrogen-bond acceptors (Lipinski definition) is 5. The summed E-state index contributed by atoms with van der Waals surface area (Å²) in [6.07, 6.45) is 0.696. The molecule has 0 saturated heterocycles. The number of para-hydroxylation sites is 1. The van der Waals surface area contributed by atoms with Crippen molar-refractivity contribution in [2.75, 3.05) is 11.1 Å². The normalized spacial score (nSPS) is 11.9. The first kappa shape index (κ1) is 23.4. The highest BCUT2D eigenvalue weighted by Crippen LogP contribution is 2.30. The predicted molar refractivity (Wildman–Crippen MR) is 126 cm³/mol. The van der Waals surface area contributed by atoms with Gasteiger partial charge in [-0.25, -0.2) is 0 Å². The van der Waals surface area contributed by atoms with Crippen LogP contribution in [0.1, 0.15) is 38.3 Å². The summed E-state index contributed by atoms with van der Waals surface area (Å²) >= 11 is 13.5. The number of ether oxygens (including phenoxy) is 1. The average molecular weight is 479 g/mol. The van der Waals surface area contributed by atoms with E-state index in [0.29, 0.717) is 33.3 Å². The number of nitrogens with one attached hydrogen (secondary N) is 1. The second kappa shape index (κ2) is 10.9. The third kappa shape index (κ3) is 5.93. The molecule has 1 heterocycles. The summed E-state index contributed by atoms with van der Waals surface area (Å²) in [6, 6.07) is 13.1. The van der Waals surface area contributed by atoms with Crippen LogP contribution >= 0.6 is 35.0 Å². The number of amides is 1. The van der Waals surface area contributed by atoms with Gasteiger partial charge in [-0.05, 0) is 50.1 Å². The minimum atomic E-state index is -0.287. The number of carbonyl (C=O) groups excluding carboxylic acids is 1. The Morgan fingerprint density at radius 3 is 2.42 bits per heavy atom. The van der Waals surface area contributed by atoms with Gasteiger partial charge in [0.05, 0.1) is 21.5 Å². The van der Waals surface area contributed by atoms with Crippen LogP contribution in [0.5, 0.6) is 5.75 Å². The Bertz CT molecular complexity index is 1020. The number of anilines is 1. The molecule has 164 valence electrons. The van der Waals surface area contributed by atoms with Crippen LogP contribution in [0.3, 0.4) is 0 Å². The van der Waals surface area contributed by atoms with Gasteiger partial charge >= 0.3 is 0 Å². The second-order valence-corrected chi connectivity index (χ2v) is 8.53. The topological polar surface area (TPSA) is 69.0 Å². The molecule has 0 bridgehead atoms. The molecule has 1 unspecified atom stereocenters. The summed E-state index contributed by atoms with van der Waals surface area (Å²) in [6.45, 7) is 6.71. The Labute approximate surface area is 196 Å². The molecule has 0 saturated carbocycles. The van der Waals surface area contributed by atoms with Crippen molar-refractivity contribution in [2.45, 2.75) is 45.0 Å². The van der Waals surface area contributed by atoms with E-state index in [1.165, 1.54) is 17.3 Å². The lowest BCUT2D eigenvalue weighted by atomic mass is 10.2. The van der Waals surface area contributed by atoms with E-state index in [1.54, 1.807) is 18.2 Å². The third-order valence-electron chi connectivity index (χ3n) is 4.63. The molecule has 3 aromatic rings. The maximum Gasteiger partial charge on any atom is 0.234 e. The summed E-state index contributed by atoms with van der Waals surface area (Å²) in [5.41, 5.74) is 1.66. The second-order valence-electron chi connectivity index (χ2n) is 6.78. The highest BCUT2D eigenvalue weighted by atomic mass is 35.5. The predicted octanol–water partition coefficient (Wildman–Crippen LogP) is 6.04. The smallest absolute Gasteiger partial charge is 0.234 e. The van der Waals surface area contributed by atoms with Crippen LogP contribution in [0.4, 0.5) is 5.69 Å². The van der Waals surface area contributed by atoms with Gasteiger partial charge in [-0.3, -0.25) is 4.79 Å². The maximum absolute atomic E-state index is 12.4. The van der Waals surface area contributed by atoms with E-state index < -0.39 is 0 Å². The molecule has 31 heavy (non-hydrogen) atoms. The quantitative estimate of drug-likeness (QED) is 0.379. The molecular weight excluding hydrogens is 455 g/mol. The van der Waals surface area contributed by atoms with Gasteiger partial charge in [0, 0.05) is 6.54 Å². The molecule has 0 aliphatic rings. The first-order valence-electron chi connectivity index (χ1n) is 9.98. The Balaban J connectivity index is 1.64. The monoisotopic (exact) mass is 478 g/mol. The van der Waals surface area contributed by atoms with Gasteiger partial charge in [0.1, 0.15) is 5.75 Å². The van der Waals surface area contributed by atoms with Crippen LogP contribution in [0, 0.1) is 0 Å². The number of rotatable bonds is 9. The molecule has 1 aromatic heterocycles. The first-order chi connectivity index (χ1) is 14.9. The van der Waals surface area contributed by atoms with Gasteiger partial charge in [0.15, 0.2) is 17.1 Å². The van der Waals surface area contributed by atoms with Gasteiger partial charge in [0.2, 0.25) is 5.91 Å². The lowest BCUT2D eigenvalue weighted by molar-refractivity contribution is -0.113. The first-order valence-corrected chi connectivity index (χ1v) is 11.7. The SMILES string of the molecule is CCc1ccc(OC(C)c2nnc(SCC(=O)Nc3c(Cl)cccc3Cl)n2CC)cc1. The zero-order valence-corrected chi connectivity index (χ0v) is 19.9. The molecule has 6 nitrogen and oxygen atoms in total. The third-order valence-corrected chi connectivity index (χ3v) is 6.23. The van der Waals surface area contributed by atoms with Crippen molar-refractivity contribution in [1.29, 1.82) is 0 Å². The van der Waals surface area contributed by atoms with E-state index in [2.05, 4.69) is 34.6 Å². The van der Waals surface area contributed by atoms with E-state index in [4.69, 9.17) is 27.9 Å². The van der Waals surface area contributed by atoms with Crippen molar-refractivity contribution >= 4 is 46.6 Å². The number of aryl methyl sites for hydroxylation is 1. The molecule has 3 rings (SSSR count). The minimum Gasteiger partial charge on any atom is -0.483 e. The molecule has 9 heteroatoms. The highest BCUT2D eigenvalue weighted by Gasteiger charge is 2.20. The fraction of sp³-hybridized carbons (Fsp3) is 0.318. The lowest BCUT2D eigenvalue weighted by Crippen LogP contribution is -2.16. The number of thioether (sulfide) groups is 1. The van der Waals surface area contributed by atoms with Crippen molar-refractivity contribution in [3.8, 4) is 5.75 Å². The molecule has 1 N–H and O–H groups in total. The van der Waals surface area contributed by atoms with Gasteiger partial charge in [-0.15, -0.1) is 10.2 Å². The zero-order chi connectivity index (χ0) is 22.4.